The first-order chi connectivity index (χ1) is 9.11. The maximum Gasteiger partial charge on any atom is 0.222 e. The molecule has 0 saturated carbocycles. The summed E-state index contributed by atoms with van der Waals surface area (Å²) in [5.74, 6) is 0.282. The standard InChI is InChI=1S/C12H11N5S2/c1-6-3-4-14-12(15-6)19-10-8-5-7(2)18-9(8)16-11(13)17-10/h3-5H,1-2H3,(H2,13,16,17). The predicted molar refractivity (Wildman–Crippen MR) is 77.5 cm³/mol. The summed E-state index contributed by atoms with van der Waals surface area (Å²) in [6.45, 7) is 3.98. The maximum absolute atomic E-state index is 5.75. The first-order valence-corrected chi connectivity index (χ1v) is 7.26. The van der Waals surface area contributed by atoms with Crippen molar-refractivity contribution in [1.29, 1.82) is 0 Å². The van der Waals surface area contributed by atoms with Gasteiger partial charge in [-0.05, 0) is 37.7 Å². The number of nitrogen functional groups attached to an aromatic ring is 1. The molecule has 0 aliphatic rings. The number of nitrogens with two attached hydrogens (primary N) is 1. The van der Waals surface area contributed by atoms with Gasteiger partial charge in [0.05, 0.1) is 0 Å². The molecule has 19 heavy (non-hydrogen) atoms. The molecule has 0 bridgehead atoms. The van der Waals surface area contributed by atoms with E-state index < -0.39 is 0 Å². The fourth-order valence-corrected chi connectivity index (χ4v) is 3.50. The van der Waals surface area contributed by atoms with Crippen LogP contribution in [0.3, 0.4) is 0 Å². The zero-order valence-corrected chi connectivity index (χ0v) is 12.0. The van der Waals surface area contributed by atoms with Crippen LogP contribution in [-0.4, -0.2) is 19.9 Å². The third kappa shape index (κ3) is 2.52. The molecule has 0 unspecified atom stereocenters. The number of thiophene rings is 1. The Morgan fingerprint density at radius 2 is 2.05 bits per heavy atom. The van der Waals surface area contributed by atoms with Crippen LogP contribution in [0.1, 0.15) is 10.6 Å². The van der Waals surface area contributed by atoms with Gasteiger partial charge in [-0.25, -0.2) is 19.9 Å². The normalized spacial score (nSPS) is 11.1. The quantitative estimate of drug-likeness (QED) is 0.577. The minimum atomic E-state index is 0.282. The Morgan fingerprint density at radius 3 is 2.84 bits per heavy atom. The Morgan fingerprint density at radius 1 is 1.21 bits per heavy atom. The summed E-state index contributed by atoms with van der Waals surface area (Å²) in [6.07, 6.45) is 1.74. The van der Waals surface area contributed by atoms with E-state index in [9.17, 15) is 0 Å². The second-order valence-corrected chi connectivity index (χ2v) is 6.24. The summed E-state index contributed by atoms with van der Waals surface area (Å²) in [5, 5.41) is 2.48. The first kappa shape index (κ1) is 12.3. The molecule has 0 amide bonds. The molecular formula is C12H11N5S2. The van der Waals surface area contributed by atoms with Gasteiger partial charge in [-0.15, -0.1) is 11.3 Å². The Kier molecular flexibility index (Phi) is 3.08. The lowest BCUT2D eigenvalue weighted by Gasteiger charge is -2.02. The number of rotatable bonds is 2. The van der Waals surface area contributed by atoms with Gasteiger partial charge in [-0.1, -0.05) is 0 Å². The van der Waals surface area contributed by atoms with Crippen LogP contribution in [-0.2, 0) is 0 Å². The molecule has 0 aliphatic carbocycles. The van der Waals surface area contributed by atoms with E-state index in [4.69, 9.17) is 5.73 Å². The van der Waals surface area contributed by atoms with Crippen molar-refractivity contribution in [1.82, 2.24) is 19.9 Å². The molecule has 0 fully saturated rings. The topological polar surface area (TPSA) is 77.6 Å². The smallest absolute Gasteiger partial charge is 0.222 e. The van der Waals surface area contributed by atoms with Crippen molar-refractivity contribution < 1.29 is 0 Å². The SMILES string of the molecule is Cc1ccnc(Sc2nc(N)nc3sc(C)cc23)n1. The molecule has 0 aliphatic heterocycles. The van der Waals surface area contributed by atoms with E-state index in [1.807, 2.05) is 19.9 Å². The Balaban J connectivity index is 2.09. The van der Waals surface area contributed by atoms with E-state index in [0.29, 0.717) is 5.16 Å². The number of hydrogen-bond acceptors (Lipinski definition) is 7. The molecule has 3 aromatic heterocycles. The largest absolute Gasteiger partial charge is 0.368 e. The lowest BCUT2D eigenvalue weighted by molar-refractivity contribution is 0.929. The van der Waals surface area contributed by atoms with Crippen LogP contribution in [0.2, 0.25) is 0 Å². The van der Waals surface area contributed by atoms with Crippen LogP contribution in [0.5, 0.6) is 0 Å². The Labute approximate surface area is 118 Å². The molecule has 0 saturated heterocycles. The summed E-state index contributed by atoms with van der Waals surface area (Å²) in [7, 11) is 0. The van der Waals surface area contributed by atoms with Crippen molar-refractivity contribution in [3.8, 4) is 0 Å². The highest BCUT2D eigenvalue weighted by Gasteiger charge is 2.12. The fourth-order valence-electron chi connectivity index (χ4n) is 1.67. The van der Waals surface area contributed by atoms with E-state index in [0.717, 1.165) is 20.9 Å². The van der Waals surface area contributed by atoms with Gasteiger partial charge in [0.2, 0.25) is 5.95 Å². The van der Waals surface area contributed by atoms with Gasteiger partial charge in [0, 0.05) is 22.2 Å². The van der Waals surface area contributed by atoms with E-state index in [2.05, 4.69) is 26.0 Å². The molecule has 7 heteroatoms. The molecule has 0 radical (unpaired) electrons. The molecule has 5 nitrogen and oxygen atoms in total. The molecular weight excluding hydrogens is 278 g/mol. The average molecular weight is 289 g/mol. The molecule has 2 N–H and O–H groups in total. The van der Waals surface area contributed by atoms with Crippen LogP contribution in [0.15, 0.2) is 28.5 Å². The van der Waals surface area contributed by atoms with Crippen LogP contribution in [0, 0.1) is 13.8 Å². The van der Waals surface area contributed by atoms with Gasteiger partial charge in [0.25, 0.3) is 0 Å². The first-order valence-electron chi connectivity index (χ1n) is 5.63. The highest BCUT2D eigenvalue weighted by atomic mass is 32.2. The Bertz CT molecular complexity index is 753. The molecule has 3 heterocycles. The third-order valence-corrected chi connectivity index (χ3v) is 4.29. The minimum Gasteiger partial charge on any atom is -0.368 e. The summed E-state index contributed by atoms with van der Waals surface area (Å²) < 4.78 is 0. The number of hydrogen-bond donors (Lipinski definition) is 1. The van der Waals surface area contributed by atoms with Gasteiger partial charge in [-0.3, -0.25) is 0 Å². The highest BCUT2D eigenvalue weighted by Crippen LogP contribution is 2.33. The van der Waals surface area contributed by atoms with E-state index in [1.54, 1.807) is 17.5 Å². The van der Waals surface area contributed by atoms with Crippen LogP contribution >= 0.6 is 23.1 Å². The van der Waals surface area contributed by atoms with Crippen molar-refractivity contribution in [2.24, 2.45) is 0 Å². The average Bonchev–Trinajstić information content (AvgIpc) is 2.69. The second kappa shape index (κ2) is 4.75. The van der Waals surface area contributed by atoms with Crippen molar-refractivity contribution in [2.45, 2.75) is 24.0 Å². The minimum absolute atomic E-state index is 0.282. The number of aromatic nitrogens is 4. The van der Waals surface area contributed by atoms with Crippen LogP contribution in [0.4, 0.5) is 5.95 Å². The van der Waals surface area contributed by atoms with Crippen molar-refractivity contribution in [3.63, 3.8) is 0 Å². The third-order valence-electron chi connectivity index (χ3n) is 2.46. The van der Waals surface area contributed by atoms with Crippen LogP contribution in [0.25, 0.3) is 10.2 Å². The summed E-state index contributed by atoms with van der Waals surface area (Å²) in [5.41, 5.74) is 6.68. The van der Waals surface area contributed by atoms with Crippen molar-refractivity contribution in [2.75, 3.05) is 5.73 Å². The van der Waals surface area contributed by atoms with Gasteiger partial charge in [0.15, 0.2) is 5.16 Å². The van der Waals surface area contributed by atoms with Gasteiger partial charge >= 0.3 is 0 Å². The van der Waals surface area contributed by atoms with Gasteiger partial charge in [0.1, 0.15) is 9.86 Å². The van der Waals surface area contributed by atoms with Gasteiger partial charge < -0.3 is 5.73 Å². The maximum atomic E-state index is 5.75. The van der Waals surface area contributed by atoms with Gasteiger partial charge in [-0.2, -0.15) is 0 Å². The van der Waals surface area contributed by atoms with E-state index in [-0.39, 0.29) is 5.95 Å². The van der Waals surface area contributed by atoms with E-state index in [1.165, 1.54) is 16.6 Å². The number of fused-ring (bicyclic) bond motifs is 1. The summed E-state index contributed by atoms with van der Waals surface area (Å²) in [4.78, 5) is 19.2. The van der Waals surface area contributed by atoms with E-state index >= 15 is 0 Å². The summed E-state index contributed by atoms with van der Waals surface area (Å²) in [6, 6.07) is 3.93. The molecule has 0 atom stereocenters. The molecule has 0 spiro atoms. The lowest BCUT2D eigenvalue weighted by atomic mass is 10.4. The molecule has 3 rings (SSSR count). The number of aryl methyl sites for hydroxylation is 2. The summed E-state index contributed by atoms with van der Waals surface area (Å²) >= 11 is 3.02. The highest BCUT2D eigenvalue weighted by molar-refractivity contribution is 7.99. The zero-order chi connectivity index (χ0) is 13.4. The fraction of sp³-hybridized carbons (Fsp3) is 0.167. The number of anilines is 1. The molecule has 96 valence electrons. The Hall–Kier alpha value is -1.73. The molecule has 0 aromatic carbocycles. The molecule has 3 aromatic rings. The van der Waals surface area contributed by atoms with Crippen LogP contribution < -0.4 is 5.73 Å². The predicted octanol–water partition coefficient (Wildman–Crippen LogP) is 2.83. The van der Waals surface area contributed by atoms with Crippen molar-refractivity contribution in [3.05, 3.63) is 28.9 Å². The number of nitrogens with zero attached hydrogens (tertiary/aromatic N) is 4. The second-order valence-electron chi connectivity index (χ2n) is 4.05. The van der Waals surface area contributed by atoms with Crippen molar-refractivity contribution >= 4 is 39.3 Å². The zero-order valence-electron chi connectivity index (χ0n) is 10.4. The lowest BCUT2D eigenvalue weighted by Crippen LogP contribution is -1.96. The monoisotopic (exact) mass is 289 g/mol.